The summed E-state index contributed by atoms with van der Waals surface area (Å²) in [4.78, 5) is 12.2. The first-order chi connectivity index (χ1) is 8.28. The summed E-state index contributed by atoms with van der Waals surface area (Å²) in [7, 11) is 1.84. The Morgan fingerprint density at radius 1 is 1.24 bits per heavy atom. The minimum absolute atomic E-state index is 0.418. The summed E-state index contributed by atoms with van der Waals surface area (Å²) in [6.07, 6.45) is 6.33. The maximum Gasteiger partial charge on any atom is 0.238 e. The average Bonchev–Trinajstić information content (AvgIpc) is 2.30. The average molecular weight is 251 g/mol. The molecule has 0 amide bonds. The molecule has 2 aromatic rings. The van der Waals surface area contributed by atoms with E-state index in [1.165, 1.54) is 6.20 Å². The number of aromatic nitrogens is 3. The van der Waals surface area contributed by atoms with Gasteiger partial charge in [-0.25, -0.2) is 4.98 Å². The molecule has 0 bridgehead atoms. The van der Waals surface area contributed by atoms with E-state index in [1.807, 2.05) is 7.05 Å². The lowest BCUT2D eigenvalue weighted by Gasteiger charge is -2.05. The van der Waals surface area contributed by atoms with Gasteiger partial charge in [0.05, 0.1) is 23.1 Å². The van der Waals surface area contributed by atoms with Crippen LogP contribution in [0.2, 0.25) is 5.02 Å². The van der Waals surface area contributed by atoms with Gasteiger partial charge in [0.25, 0.3) is 0 Å². The molecule has 6 heteroatoms. The molecule has 0 aliphatic rings. The van der Waals surface area contributed by atoms with Crippen molar-refractivity contribution in [3.05, 3.63) is 41.6 Å². The molecule has 0 aliphatic heterocycles. The number of ether oxygens (including phenoxy) is 1. The monoisotopic (exact) mass is 250 g/mol. The standard InChI is InChI=1S/C11H11ClN4O/c1-13-4-9-5-15-7-11(16-9)17-10-2-8(12)3-14-6-10/h2-3,5-7,13H,4H2,1H3. The molecular formula is C11H11ClN4O. The van der Waals surface area contributed by atoms with E-state index in [-0.39, 0.29) is 0 Å². The topological polar surface area (TPSA) is 59.9 Å². The number of halogens is 1. The van der Waals surface area contributed by atoms with E-state index >= 15 is 0 Å². The van der Waals surface area contributed by atoms with Gasteiger partial charge in [-0.15, -0.1) is 0 Å². The molecule has 5 nitrogen and oxygen atoms in total. The molecule has 0 atom stereocenters. The van der Waals surface area contributed by atoms with Gasteiger partial charge in [-0.2, -0.15) is 0 Å². The van der Waals surface area contributed by atoms with Crippen LogP contribution in [0.3, 0.4) is 0 Å². The second-order valence-electron chi connectivity index (χ2n) is 3.32. The van der Waals surface area contributed by atoms with Crippen molar-refractivity contribution in [2.45, 2.75) is 6.54 Å². The Bertz CT molecular complexity index is 506. The number of rotatable bonds is 4. The molecule has 0 radical (unpaired) electrons. The molecule has 88 valence electrons. The summed E-state index contributed by atoms with van der Waals surface area (Å²) in [5, 5.41) is 3.51. The first kappa shape index (κ1) is 11.8. The van der Waals surface area contributed by atoms with Crippen molar-refractivity contribution >= 4 is 11.6 Å². The van der Waals surface area contributed by atoms with Crippen molar-refractivity contribution in [2.75, 3.05) is 7.05 Å². The maximum atomic E-state index is 5.80. The molecule has 0 unspecified atom stereocenters. The van der Waals surface area contributed by atoms with Gasteiger partial charge in [0.1, 0.15) is 5.75 Å². The zero-order valence-corrected chi connectivity index (χ0v) is 9.98. The smallest absolute Gasteiger partial charge is 0.238 e. The van der Waals surface area contributed by atoms with Gasteiger partial charge < -0.3 is 10.1 Å². The highest BCUT2D eigenvalue weighted by molar-refractivity contribution is 6.30. The van der Waals surface area contributed by atoms with Gasteiger partial charge in [0.2, 0.25) is 5.88 Å². The van der Waals surface area contributed by atoms with Crippen LogP contribution in [0.1, 0.15) is 5.69 Å². The number of nitrogens with one attached hydrogen (secondary N) is 1. The first-order valence-electron chi connectivity index (χ1n) is 5.02. The van der Waals surface area contributed by atoms with E-state index in [9.17, 15) is 0 Å². The van der Waals surface area contributed by atoms with Crippen molar-refractivity contribution < 1.29 is 4.74 Å². The fraction of sp³-hybridized carbons (Fsp3) is 0.182. The molecule has 0 aromatic carbocycles. The fourth-order valence-electron chi connectivity index (χ4n) is 1.27. The number of hydrogen-bond donors (Lipinski definition) is 1. The van der Waals surface area contributed by atoms with Crippen LogP contribution in [0.25, 0.3) is 0 Å². The van der Waals surface area contributed by atoms with E-state index in [0.717, 1.165) is 5.69 Å². The third-order valence-electron chi connectivity index (χ3n) is 1.92. The Balaban J connectivity index is 2.15. The van der Waals surface area contributed by atoms with Gasteiger partial charge in [-0.3, -0.25) is 9.97 Å². The molecular weight excluding hydrogens is 240 g/mol. The Labute approximate surface area is 104 Å². The quantitative estimate of drug-likeness (QED) is 0.900. The van der Waals surface area contributed by atoms with E-state index in [0.29, 0.717) is 23.2 Å². The molecule has 0 fully saturated rings. The van der Waals surface area contributed by atoms with Gasteiger partial charge in [0.15, 0.2) is 0 Å². The van der Waals surface area contributed by atoms with Gasteiger partial charge in [-0.1, -0.05) is 11.6 Å². The molecule has 1 N–H and O–H groups in total. The van der Waals surface area contributed by atoms with E-state index < -0.39 is 0 Å². The molecule has 0 spiro atoms. The predicted octanol–water partition coefficient (Wildman–Crippen LogP) is 2.04. The zero-order valence-electron chi connectivity index (χ0n) is 9.22. The molecule has 0 saturated carbocycles. The van der Waals surface area contributed by atoms with Crippen LogP contribution in [-0.2, 0) is 6.54 Å². The van der Waals surface area contributed by atoms with Crippen LogP contribution in [0, 0.1) is 0 Å². The predicted molar refractivity (Wildman–Crippen MR) is 64.1 cm³/mol. The van der Waals surface area contributed by atoms with Crippen molar-refractivity contribution in [1.82, 2.24) is 20.3 Å². The lowest BCUT2D eigenvalue weighted by atomic mass is 10.4. The van der Waals surface area contributed by atoms with Crippen LogP contribution in [0.15, 0.2) is 30.9 Å². The van der Waals surface area contributed by atoms with E-state index in [4.69, 9.17) is 16.3 Å². The Morgan fingerprint density at radius 3 is 2.82 bits per heavy atom. The lowest BCUT2D eigenvalue weighted by Crippen LogP contribution is -2.07. The number of pyridine rings is 1. The highest BCUT2D eigenvalue weighted by atomic mass is 35.5. The first-order valence-corrected chi connectivity index (χ1v) is 5.39. The molecule has 0 saturated heterocycles. The molecule has 2 heterocycles. The summed E-state index contributed by atoms with van der Waals surface area (Å²) in [6.45, 7) is 0.637. The molecule has 2 aromatic heterocycles. The minimum Gasteiger partial charge on any atom is -0.436 e. The van der Waals surface area contributed by atoms with Crippen molar-refractivity contribution in [3.8, 4) is 11.6 Å². The largest absolute Gasteiger partial charge is 0.436 e. The Hall–Kier alpha value is -1.72. The number of nitrogens with zero attached hydrogens (tertiary/aromatic N) is 3. The number of hydrogen-bond acceptors (Lipinski definition) is 5. The second kappa shape index (κ2) is 5.56. The normalized spacial score (nSPS) is 10.2. The van der Waals surface area contributed by atoms with E-state index in [1.54, 1.807) is 24.7 Å². The van der Waals surface area contributed by atoms with Crippen LogP contribution < -0.4 is 10.1 Å². The van der Waals surface area contributed by atoms with Crippen molar-refractivity contribution in [1.29, 1.82) is 0 Å². The fourth-order valence-corrected chi connectivity index (χ4v) is 1.43. The SMILES string of the molecule is CNCc1cncc(Oc2cncc(Cl)c2)n1. The molecule has 17 heavy (non-hydrogen) atoms. The molecule has 2 rings (SSSR count). The van der Waals surface area contributed by atoms with Crippen LogP contribution in [0.5, 0.6) is 11.6 Å². The highest BCUT2D eigenvalue weighted by Crippen LogP contribution is 2.20. The maximum absolute atomic E-state index is 5.80. The Kier molecular flexibility index (Phi) is 3.85. The minimum atomic E-state index is 0.418. The van der Waals surface area contributed by atoms with Crippen LogP contribution in [-0.4, -0.2) is 22.0 Å². The van der Waals surface area contributed by atoms with Crippen molar-refractivity contribution in [2.24, 2.45) is 0 Å². The summed E-state index contributed by atoms with van der Waals surface area (Å²) in [5.74, 6) is 0.954. The summed E-state index contributed by atoms with van der Waals surface area (Å²) >= 11 is 5.80. The summed E-state index contributed by atoms with van der Waals surface area (Å²) in [6, 6.07) is 1.67. The molecule has 0 aliphatic carbocycles. The zero-order chi connectivity index (χ0) is 12.1. The van der Waals surface area contributed by atoms with Crippen LogP contribution in [0.4, 0.5) is 0 Å². The van der Waals surface area contributed by atoms with Gasteiger partial charge in [-0.05, 0) is 7.05 Å². The Morgan fingerprint density at radius 2 is 2.06 bits per heavy atom. The van der Waals surface area contributed by atoms with E-state index in [2.05, 4.69) is 20.3 Å². The second-order valence-corrected chi connectivity index (χ2v) is 3.76. The van der Waals surface area contributed by atoms with Crippen molar-refractivity contribution in [3.63, 3.8) is 0 Å². The van der Waals surface area contributed by atoms with Gasteiger partial charge in [0, 0.05) is 25.0 Å². The summed E-state index contributed by atoms with van der Waals surface area (Å²) < 4.78 is 5.50. The highest BCUT2D eigenvalue weighted by Gasteiger charge is 2.02. The third kappa shape index (κ3) is 3.37. The lowest BCUT2D eigenvalue weighted by molar-refractivity contribution is 0.455. The van der Waals surface area contributed by atoms with Gasteiger partial charge >= 0.3 is 0 Å². The van der Waals surface area contributed by atoms with Crippen LogP contribution >= 0.6 is 11.6 Å². The summed E-state index contributed by atoms with van der Waals surface area (Å²) in [5.41, 5.74) is 0.806. The third-order valence-corrected chi connectivity index (χ3v) is 2.13.